The van der Waals surface area contributed by atoms with Crippen LogP contribution in [-0.4, -0.2) is 61.0 Å². The van der Waals surface area contributed by atoms with Crippen molar-refractivity contribution in [2.75, 3.05) is 44.2 Å². The summed E-state index contributed by atoms with van der Waals surface area (Å²) in [6, 6.07) is 7.61. The third-order valence-corrected chi connectivity index (χ3v) is 6.32. The number of piperazine rings is 1. The topological polar surface area (TPSA) is 39.9 Å². The van der Waals surface area contributed by atoms with Gasteiger partial charge in [0, 0.05) is 51.0 Å². The summed E-state index contributed by atoms with van der Waals surface area (Å²) in [5.41, 5.74) is 0.631. The van der Waals surface area contributed by atoms with Crippen molar-refractivity contribution in [3.63, 3.8) is 0 Å². The van der Waals surface area contributed by atoms with E-state index in [1.807, 2.05) is 23.6 Å². The number of aryl methyl sites for hydroxylation is 2. The number of rotatable bonds is 3. The first-order valence-electron chi connectivity index (χ1n) is 10.7. The van der Waals surface area contributed by atoms with Crippen LogP contribution in [0.1, 0.15) is 40.3 Å². The largest absolute Gasteiger partial charge is 0.466 e. The van der Waals surface area contributed by atoms with Crippen LogP contribution in [0.2, 0.25) is 0 Å². The Balaban J connectivity index is 1.37. The molecule has 31 heavy (non-hydrogen) atoms. The standard InChI is InChI=1S/C23H28F3N3O2/c1-16-13-21(17(2)31-16)22(30)29-8-4-7-20(15-29)28-11-9-27(10-12-28)19-6-3-5-18(14-19)23(24,25)26/h3,5-6,13-14,20H,4,7-12,15H2,1-2H3/t20-/m1/s1. The summed E-state index contributed by atoms with van der Waals surface area (Å²) in [6.45, 7) is 7.95. The predicted octanol–water partition coefficient (Wildman–Crippen LogP) is 4.34. The van der Waals surface area contributed by atoms with Crippen LogP contribution >= 0.6 is 0 Å². The van der Waals surface area contributed by atoms with Gasteiger partial charge in [0.2, 0.25) is 0 Å². The summed E-state index contributed by atoms with van der Waals surface area (Å²) < 4.78 is 44.6. The maximum atomic E-state index is 13.0. The average Bonchev–Trinajstić information content (AvgIpc) is 3.11. The van der Waals surface area contributed by atoms with Crippen LogP contribution in [0.25, 0.3) is 0 Å². The number of likely N-dealkylation sites (tertiary alicyclic amines) is 1. The number of piperidine rings is 1. The minimum Gasteiger partial charge on any atom is -0.466 e. The Morgan fingerprint density at radius 2 is 1.81 bits per heavy atom. The van der Waals surface area contributed by atoms with Crippen molar-refractivity contribution in [2.45, 2.75) is 38.9 Å². The first kappa shape index (κ1) is 21.7. The SMILES string of the molecule is Cc1cc(C(=O)N2CCC[C@@H](N3CCN(c4cccc(C(F)(F)F)c4)CC3)C2)c(C)o1. The van der Waals surface area contributed by atoms with Crippen LogP contribution in [0, 0.1) is 13.8 Å². The first-order chi connectivity index (χ1) is 14.7. The number of anilines is 1. The van der Waals surface area contributed by atoms with E-state index >= 15 is 0 Å². The monoisotopic (exact) mass is 435 g/mol. The Morgan fingerprint density at radius 1 is 1.06 bits per heavy atom. The molecule has 0 radical (unpaired) electrons. The van der Waals surface area contributed by atoms with Gasteiger partial charge in [-0.2, -0.15) is 13.2 Å². The number of amides is 1. The molecule has 168 valence electrons. The molecular formula is C23H28F3N3O2. The molecule has 8 heteroatoms. The van der Waals surface area contributed by atoms with Crippen LogP contribution in [0.5, 0.6) is 0 Å². The third-order valence-electron chi connectivity index (χ3n) is 6.32. The molecule has 5 nitrogen and oxygen atoms in total. The molecule has 2 aliphatic heterocycles. The van der Waals surface area contributed by atoms with Crippen LogP contribution in [-0.2, 0) is 6.18 Å². The van der Waals surface area contributed by atoms with Gasteiger partial charge in [0.05, 0.1) is 11.1 Å². The smallest absolute Gasteiger partial charge is 0.416 e. The molecule has 2 fully saturated rings. The molecule has 2 saturated heterocycles. The molecule has 0 bridgehead atoms. The van der Waals surface area contributed by atoms with Crippen LogP contribution in [0.4, 0.5) is 18.9 Å². The van der Waals surface area contributed by atoms with Gasteiger partial charge in [-0.25, -0.2) is 0 Å². The fraction of sp³-hybridized carbons (Fsp3) is 0.522. The number of nitrogens with zero attached hydrogens (tertiary/aromatic N) is 3. The number of carbonyl (C=O) groups is 1. The highest BCUT2D eigenvalue weighted by atomic mass is 19.4. The van der Waals surface area contributed by atoms with Crippen LogP contribution < -0.4 is 4.90 Å². The van der Waals surface area contributed by atoms with Crippen molar-refractivity contribution >= 4 is 11.6 Å². The fourth-order valence-corrected chi connectivity index (χ4v) is 4.67. The normalized spacial score (nSPS) is 20.9. The van der Waals surface area contributed by atoms with E-state index < -0.39 is 11.7 Å². The number of carbonyl (C=O) groups excluding carboxylic acids is 1. The lowest BCUT2D eigenvalue weighted by Crippen LogP contribution is -2.55. The summed E-state index contributed by atoms with van der Waals surface area (Å²) in [7, 11) is 0. The Bertz CT molecular complexity index is 932. The highest BCUT2D eigenvalue weighted by Crippen LogP contribution is 2.32. The molecule has 3 heterocycles. The molecule has 0 aliphatic carbocycles. The van der Waals surface area contributed by atoms with Gasteiger partial charge in [0.25, 0.3) is 5.91 Å². The van der Waals surface area contributed by atoms with Crippen molar-refractivity contribution in [1.82, 2.24) is 9.80 Å². The molecule has 2 aliphatic rings. The second-order valence-electron chi connectivity index (χ2n) is 8.45. The van der Waals surface area contributed by atoms with Gasteiger partial charge < -0.3 is 14.2 Å². The van der Waals surface area contributed by atoms with E-state index in [1.165, 1.54) is 12.1 Å². The molecular weight excluding hydrogens is 407 g/mol. The summed E-state index contributed by atoms with van der Waals surface area (Å²) in [5, 5.41) is 0. The zero-order valence-electron chi connectivity index (χ0n) is 17.9. The Labute approximate surface area is 180 Å². The van der Waals surface area contributed by atoms with Gasteiger partial charge >= 0.3 is 6.18 Å². The molecule has 0 saturated carbocycles. The minimum absolute atomic E-state index is 0.0154. The Morgan fingerprint density at radius 3 is 2.45 bits per heavy atom. The molecule has 1 atom stereocenters. The molecule has 4 rings (SSSR count). The highest BCUT2D eigenvalue weighted by molar-refractivity contribution is 5.95. The van der Waals surface area contributed by atoms with E-state index in [0.717, 1.165) is 44.3 Å². The summed E-state index contributed by atoms with van der Waals surface area (Å²) >= 11 is 0. The molecule has 1 amide bonds. The van der Waals surface area contributed by atoms with Crippen molar-refractivity contribution in [3.8, 4) is 0 Å². The second-order valence-corrected chi connectivity index (χ2v) is 8.45. The zero-order chi connectivity index (χ0) is 22.2. The lowest BCUT2D eigenvalue weighted by atomic mass is 10.0. The van der Waals surface area contributed by atoms with Crippen LogP contribution in [0.3, 0.4) is 0 Å². The van der Waals surface area contributed by atoms with Crippen molar-refractivity contribution < 1.29 is 22.4 Å². The van der Waals surface area contributed by atoms with E-state index in [0.29, 0.717) is 36.6 Å². The lowest BCUT2D eigenvalue weighted by molar-refractivity contribution is -0.137. The molecule has 0 N–H and O–H groups in total. The number of hydrogen-bond acceptors (Lipinski definition) is 4. The van der Waals surface area contributed by atoms with Gasteiger partial charge in [-0.1, -0.05) is 6.07 Å². The Hall–Kier alpha value is -2.48. The number of alkyl halides is 3. The molecule has 1 aromatic heterocycles. The molecule has 0 unspecified atom stereocenters. The minimum atomic E-state index is -4.33. The van der Waals surface area contributed by atoms with E-state index in [2.05, 4.69) is 4.90 Å². The fourth-order valence-electron chi connectivity index (χ4n) is 4.67. The van der Waals surface area contributed by atoms with Crippen molar-refractivity contribution in [2.24, 2.45) is 0 Å². The van der Waals surface area contributed by atoms with Crippen molar-refractivity contribution in [1.29, 1.82) is 0 Å². The zero-order valence-corrected chi connectivity index (χ0v) is 17.9. The van der Waals surface area contributed by atoms with E-state index in [9.17, 15) is 18.0 Å². The van der Waals surface area contributed by atoms with Gasteiger partial charge in [-0.15, -0.1) is 0 Å². The number of benzene rings is 1. The van der Waals surface area contributed by atoms with Crippen molar-refractivity contribution in [3.05, 3.63) is 53.0 Å². The predicted molar refractivity (Wildman–Crippen MR) is 112 cm³/mol. The van der Waals surface area contributed by atoms with Gasteiger partial charge in [-0.05, 0) is 51.0 Å². The number of hydrogen-bond donors (Lipinski definition) is 0. The van der Waals surface area contributed by atoms with Crippen LogP contribution in [0.15, 0.2) is 34.7 Å². The lowest BCUT2D eigenvalue weighted by Gasteiger charge is -2.44. The summed E-state index contributed by atoms with van der Waals surface area (Å²) in [5.74, 6) is 1.40. The maximum Gasteiger partial charge on any atom is 0.416 e. The quantitative estimate of drug-likeness (QED) is 0.719. The summed E-state index contributed by atoms with van der Waals surface area (Å²) in [6.07, 6.45) is -2.36. The van der Waals surface area contributed by atoms with Gasteiger partial charge in [0.15, 0.2) is 0 Å². The summed E-state index contributed by atoms with van der Waals surface area (Å²) in [4.78, 5) is 19.2. The van der Waals surface area contributed by atoms with E-state index in [-0.39, 0.29) is 11.9 Å². The number of furan rings is 1. The van der Waals surface area contributed by atoms with E-state index in [4.69, 9.17) is 4.42 Å². The number of halogens is 3. The van der Waals surface area contributed by atoms with Gasteiger partial charge in [0.1, 0.15) is 11.5 Å². The molecule has 2 aromatic rings. The second kappa shape index (κ2) is 8.57. The first-order valence-corrected chi connectivity index (χ1v) is 10.7. The Kier molecular flexibility index (Phi) is 6.01. The average molecular weight is 435 g/mol. The maximum absolute atomic E-state index is 13.0. The highest BCUT2D eigenvalue weighted by Gasteiger charge is 2.33. The molecule has 1 aromatic carbocycles. The van der Waals surface area contributed by atoms with Gasteiger partial charge in [-0.3, -0.25) is 9.69 Å². The third kappa shape index (κ3) is 4.74. The van der Waals surface area contributed by atoms with E-state index in [1.54, 1.807) is 12.1 Å². The molecule has 0 spiro atoms.